The summed E-state index contributed by atoms with van der Waals surface area (Å²) in [6.07, 6.45) is 0.958. The molecule has 0 spiro atoms. The van der Waals surface area contributed by atoms with Gasteiger partial charge in [-0.05, 0) is 12.6 Å². The van der Waals surface area contributed by atoms with E-state index >= 15 is 0 Å². The van der Waals surface area contributed by atoms with E-state index in [2.05, 4.69) is 18.5 Å². The molecule has 0 aliphatic rings. The van der Waals surface area contributed by atoms with Crippen LogP contribution < -0.4 is 0 Å². The third-order valence-electron chi connectivity index (χ3n) is 1.15. The van der Waals surface area contributed by atoms with Crippen molar-refractivity contribution in [1.82, 2.24) is 4.81 Å². The van der Waals surface area contributed by atoms with Gasteiger partial charge in [0.2, 0.25) is 7.98 Å². The van der Waals surface area contributed by atoms with E-state index < -0.39 is 0 Å². The second-order valence-electron chi connectivity index (χ2n) is 2.51. The van der Waals surface area contributed by atoms with Crippen LogP contribution in [-0.4, -0.2) is 33.5 Å². The van der Waals surface area contributed by atoms with Crippen LogP contribution in [0, 0.1) is 0 Å². The van der Waals surface area contributed by atoms with Gasteiger partial charge in [0, 0.05) is 6.42 Å². The second-order valence-corrected chi connectivity index (χ2v) is 2.51. The molecule has 0 atom stereocenters. The van der Waals surface area contributed by atoms with Crippen LogP contribution in [0.5, 0.6) is 0 Å². The highest BCUT2D eigenvalue weighted by molar-refractivity contribution is 6.22. The molecule has 0 bridgehead atoms. The molecule has 0 aliphatic carbocycles. The van der Waals surface area contributed by atoms with E-state index in [4.69, 9.17) is 0 Å². The van der Waals surface area contributed by atoms with Gasteiger partial charge >= 0.3 is 0 Å². The van der Waals surface area contributed by atoms with Crippen molar-refractivity contribution >= 4 is 21.7 Å². The number of hydrogen-bond acceptors (Lipinski definition) is 1. The Morgan fingerprint density at radius 2 is 2.20 bits per heavy atom. The van der Waals surface area contributed by atoms with E-state index in [-0.39, 0.29) is 0 Å². The summed E-state index contributed by atoms with van der Waals surface area (Å²) in [7, 11) is 5.88. The molecule has 0 N–H and O–H groups in total. The highest BCUT2D eigenvalue weighted by Gasteiger charge is 1.95. The molecule has 0 unspecified atom stereocenters. The zero-order valence-corrected chi connectivity index (χ0v) is 7.31. The van der Waals surface area contributed by atoms with Crippen molar-refractivity contribution in [2.24, 2.45) is 4.99 Å². The first kappa shape index (κ1) is 9.34. The van der Waals surface area contributed by atoms with Gasteiger partial charge in [0.15, 0.2) is 7.85 Å². The van der Waals surface area contributed by atoms with Gasteiger partial charge in [-0.2, -0.15) is 0 Å². The first-order valence-corrected chi connectivity index (χ1v) is 3.48. The topological polar surface area (TPSA) is 15.6 Å². The first-order chi connectivity index (χ1) is 4.57. The Morgan fingerprint density at radius 3 is 2.30 bits per heavy atom. The molecule has 0 aromatic rings. The number of nitrogens with zero attached hydrogens (tertiary/aromatic N) is 2. The Morgan fingerprint density at radius 1 is 1.70 bits per heavy atom. The lowest BCUT2D eigenvalue weighted by molar-refractivity contribution is 0.788. The predicted octanol–water partition coefficient (Wildman–Crippen LogP) is -0.621. The van der Waals surface area contributed by atoms with E-state index in [1.54, 1.807) is 0 Å². The predicted molar refractivity (Wildman–Crippen MR) is 51.7 cm³/mol. The lowest BCUT2D eigenvalue weighted by atomic mass is 10.1. The molecule has 0 amide bonds. The lowest BCUT2D eigenvalue weighted by Gasteiger charge is -2.14. The minimum Gasteiger partial charge on any atom is -0.413 e. The standard InChI is InChI=1S/C6H14B2N2/c1-4-6(10(3)8)9-5(2)7/h2,4,7-8H2,1,3H3/b9-6-. The molecule has 4 heteroatoms. The van der Waals surface area contributed by atoms with Crippen LogP contribution in [0.25, 0.3) is 0 Å². The molecule has 0 aromatic heterocycles. The number of hydrogen-bond donors (Lipinski definition) is 0. The van der Waals surface area contributed by atoms with E-state index in [0.29, 0.717) is 0 Å². The maximum absolute atomic E-state index is 4.24. The van der Waals surface area contributed by atoms with Crippen molar-refractivity contribution < 1.29 is 0 Å². The van der Waals surface area contributed by atoms with Crippen molar-refractivity contribution in [1.29, 1.82) is 0 Å². The molecular weight excluding hydrogens is 122 g/mol. The quantitative estimate of drug-likeness (QED) is 0.280. The summed E-state index contributed by atoms with van der Waals surface area (Å²) in [5.41, 5.74) is 0.866. The summed E-state index contributed by atoms with van der Waals surface area (Å²) in [4.78, 5) is 6.25. The Hall–Kier alpha value is -0.660. The molecule has 0 fully saturated rings. The van der Waals surface area contributed by atoms with Crippen LogP contribution >= 0.6 is 0 Å². The van der Waals surface area contributed by atoms with Gasteiger partial charge in [-0.15, -0.1) is 0 Å². The van der Waals surface area contributed by atoms with Gasteiger partial charge in [0.1, 0.15) is 0 Å². The second kappa shape index (κ2) is 4.20. The molecule has 0 aliphatic heterocycles. The lowest BCUT2D eigenvalue weighted by Crippen LogP contribution is -2.22. The molecule has 2 nitrogen and oxygen atoms in total. The zero-order chi connectivity index (χ0) is 8.15. The molecule has 0 saturated carbocycles. The molecule has 0 rings (SSSR count). The maximum Gasteiger partial charge on any atom is 0.218 e. The smallest absolute Gasteiger partial charge is 0.218 e. The maximum atomic E-state index is 4.24. The monoisotopic (exact) mass is 136 g/mol. The van der Waals surface area contributed by atoms with Crippen LogP contribution in [0.4, 0.5) is 0 Å². The fraction of sp³-hybridized carbons (Fsp3) is 0.500. The van der Waals surface area contributed by atoms with Gasteiger partial charge in [-0.1, -0.05) is 13.5 Å². The number of amidine groups is 1. The minimum absolute atomic E-state index is 0.866. The summed E-state index contributed by atoms with van der Waals surface area (Å²) >= 11 is 0. The minimum atomic E-state index is 0.866. The van der Waals surface area contributed by atoms with Crippen molar-refractivity contribution in [2.45, 2.75) is 13.3 Å². The Bertz CT molecular complexity index is 152. The average Bonchev–Trinajstić information content (AvgIpc) is 1.81. The average molecular weight is 136 g/mol. The van der Waals surface area contributed by atoms with Gasteiger partial charge in [0.25, 0.3) is 0 Å². The van der Waals surface area contributed by atoms with Gasteiger partial charge in [-0.25, -0.2) is 0 Å². The van der Waals surface area contributed by atoms with E-state index in [1.807, 2.05) is 27.7 Å². The van der Waals surface area contributed by atoms with E-state index in [1.165, 1.54) is 0 Å². The summed E-state index contributed by atoms with van der Waals surface area (Å²) in [6, 6.07) is 0. The zero-order valence-electron chi connectivity index (χ0n) is 7.31. The van der Waals surface area contributed by atoms with Gasteiger partial charge in [-0.3, -0.25) is 4.99 Å². The summed E-state index contributed by atoms with van der Waals surface area (Å²) < 4.78 is 0. The SMILES string of the molecule is BC(=C)/N=C(/CC)N(B)C. The van der Waals surface area contributed by atoms with Crippen LogP contribution in [0.3, 0.4) is 0 Å². The number of aliphatic imine (C=N–C) groups is 1. The molecule has 0 heterocycles. The van der Waals surface area contributed by atoms with Crippen LogP contribution in [0.15, 0.2) is 17.2 Å². The Labute approximate surface area is 64.9 Å². The first-order valence-electron chi connectivity index (χ1n) is 3.48. The Kier molecular flexibility index (Phi) is 3.93. The number of rotatable bonds is 2. The normalized spacial score (nSPS) is 11.2. The van der Waals surface area contributed by atoms with Crippen LogP contribution in [-0.2, 0) is 0 Å². The third-order valence-corrected chi connectivity index (χ3v) is 1.15. The Balaban J connectivity index is 4.18. The van der Waals surface area contributed by atoms with Crippen LogP contribution in [0.2, 0.25) is 0 Å². The highest BCUT2D eigenvalue weighted by atomic mass is 15.1. The molecule has 0 radical (unpaired) electrons. The molecule has 0 saturated heterocycles. The summed E-state index contributed by atoms with van der Waals surface area (Å²) in [6.45, 7) is 5.80. The fourth-order valence-electron chi connectivity index (χ4n) is 0.716. The third kappa shape index (κ3) is 3.38. The van der Waals surface area contributed by atoms with Crippen molar-refractivity contribution in [3.63, 3.8) is 0 Å². The van der Waals surface area contributed by atoms with Gasteiger partial charge in [0.05, 0.1) is 5.84 Å². The van der Waals surface area contributed by atoms with E-state index in [9.17, 15) is 0 Å². The molecule has 0 aromatic carbocycles. The molecule has 10 heavy (non-hydrogen) atoms. The van der Waals surface area contributed by atoms with Crippen molar-refractivity contribution in [3.8, 4) is 0 Å². The molecular formula is C6H14B2N2. The fourth-order valence-corrected chi connectivity index (χ4v) is 0.716. The van der Waals surface area contributed by atoms with Crippen LogP contribution in [0.1, 0.15) is 13.3 Å². The molecule has 54 valence electrons. The van der Waals surface area contributed by atoms with Crippen molar-refractivity contribution in [3.05, 3.63) is 12.2 Å². The largest absolute Gasteiger partial charge is 0.413 e. The van der Waals surface area contributed by atoms with E-state index in [0.717, 1.165) is 17.9 Å². The highest BCUT2D eigenvalue weighted by Crippen LogP contribution is 1.93. The summed E-state index contributed by atoms with van der Waals surface area (Å²) in [5, 5.41) is 0. The van der Waals surface area contributed by atoms with Gasteiger partial charge < -0.3 is 4.81 Å². The van der Waals surface area contributed by atoms with Crippen molar-refractivity contribution in [2.75, 3.05) is 7.05 Å². The summed E-state index contributed by atoms with van der Waals surface area (Å²) in [5.74, 6) is 1.08.